The van der Waals surface area contributed by atoms with Crippen molar-refractivity contribution in [3.05, 3.63) is 39.9 Å². The van der Waals surface area contributed by atoms with Gasteiger partial charge in [0.2, 0.25) is 0 Å². The summed E-state index contributed by atoms with van der Waals surface area (Å²) in [6.07, 6.45) is 1.98. The third-order valence-electron chi connectivity index (χ3n) is 3.66. The van der Waals surface area contributed by atoms with Gasteiger partial charge in [-0.15, -0.1) is 0 Å². The first-order chi connectivity index (χ1) is 10.1. The van der Waals surface area contributed by atoms with Crippen molar-refractivity contribution < 1.29 is 14.5 Å². The Hall–Kier alpha value is -1.95. The second-order valence-electron chi connectivity index (χ2n) is 5.40. The van der Waals surface area contributed by atoms with E-state index in [0.717, 1.165) is 31.5 Å². The molecule has 0 saturated carbocycles. The lowest BCUT2D eigenvalue weighted by Gasteiger charge is -2.23. The van der Waals surface area contributed by atoms with Gasteiger partial charge in [0.25, 0.3) is 5.69 Å². The summed E-state index contributed by atoms with van der Waals surface area (Å²) in [5.41, 5.74) is 0.990. The van der Waals surface area contributed by atoms with Gasteiger partial charge in [-0.3, -0.25) is 14.9 Å². The normalized spacial score (nSPS) is 17.2. The molecule has 1 aromatic rings. The Balaban J connectivity index is 1.84. The Morgan fingerprint density at radius 3 is 2.57 bits per heavy atom. The molecule has 1 atom stereocenters. The molecule has 0 radical (unpaired) electrons. The molecular weight excluding hydrogens is 272 g/mol. The Morgan fingerprint density at radius 1 is 1.38 bits per heavy atom. The van der Waals surface area contributed by atoms with Gasteiger partial charge in [-0.1, -0.05) is 12.1 Å². The van der Waals surface area contributed by atoms with Crippen molar-refractivity contribution in [3.63, 3.8) is 0 Å². The van der Waals surface area contributed by atoms with E-state index in [0.29, 0.717) is 6.42 Å². The number of piperidine rings is 1. The molecule has 0 spiro atoms. The highest BCUT2D eigenvalue weighted by atomic mass is 16.6. The van der Waals surface area contributed by atoms with Crippen LogP contribution in [0.5, 0.6) is 0 Å². The van der Waals surface area contributed by atoms with E-state index in [9.17, 15) is 14.9 Å². The van der Waals surface area contributed by atoms with Crippen molar-refractivity contribution in [3.8, 4) is 0 Å². The summed E-state index contributed by atoms with van der Waals surface area (Å²) in [5.74, 6) is -0.142. The molecule has 0 aromatic heterocycles. The van der Waals surface area contributed by atoms with Gasteiger partial charge >= 0.3 is 5.97 Å². The predicted octanol–water partition coefficient (Wildman–Crippen LogP) is 2.07. The molecule has 1 N–H and O–H groups in total. The Kier molecular flexibility index (Phi) is 5.27. The third-order valence-corrected chi connectivity index (χ3v) is 3.66. The van der Waals surface area contributed by atoms with E-state index in [1.807, 2.05) is 6.92 Å². The zero-order chi connectivity index (χ0) is 15.2. The number of carbonyl (C=O) groups is 1. The first-order valence-electron chi connectivity index (χ1n) is 7.21. The van der Waals surface area contributed by atoms with Crippen LogP contribution in [0.2, 0.25) is 0 Å². The van der Waals surface area contributed by atoms with Crippen molar-refractivity contribution in [2.45, 2.75) is 32.3 Å². The van der Waals surface area contributed by atoms with Crippen LogP contribution in [0.1, 0.15) is 25.3 Å². The lowest BCUT2D eigenvalue weighted by atomic mass is 9.98. The lowest BCUT2D eigenvalue weighted by molar-refractivity contribution is -0.384. The van der Waals surface area contributed by atoms with E-state index in [1.165, 1.54) is 12.1 Å². The number of hydrogen-bond acceptors (Lipinski definition) is 5. The van der Waals surface area contributed by atoms with Gasteiger partial charge in [-0.25, -0.2) is 0 Å². The lowest BCUT2D eigenvalue weighted by Crippen LogP contribution is -2.34. The maximum atomic E-state index is 12.0. The number of hydrogen-bond donors (Lipinski definition) is 1. The monoisotopic (exact) mass is 292 g/mol. The number of nitro benzene ring substituents is 1. The first kappa shape index (κ1) is 15.4. The van der Waals surface area contributed by atoms with E-state index in [2.05, 4.69) is 5.32 Å². The van der Waals surface area contributed by atoms with E-state index < -0.39 is 4.92 Å². The fourth-order valence-electron chi connectivity index (χ4n) is 2.48. The summed E-state index contributed by atoms with van der Waals surface area (Å²) in [6.45, 7) is 3.56. The highest BCUT2D eigenvalue weighted by molar-refractivity contribution is 5.72. The zero-order valence-corrected chi connectivity index (χ0v) is 12.1. The van der Waals surface area contributed by atoms with Gasteiger partial charge in [0.15, 0.2) is 0 Å². The van der Waals surface area contributed by atoms with E-state index in [1.54, 1.807) is 12.1 Å². The Morgan fingerprint density at radius 2 is 2.00 bits per heavy atom. The van der Waals surface area contributed by atoms with Crippen molar-refractivity contribution in [1.82, 2.24) is 5.32 Å². The standard InChI is InChI=1S/C15H20N2O4/c1-11(21-15(18)13-6-8-16-9-7-13)10-12-2-4-14(5-3-12)17(19)20/h2-5,11,13,16H,6-10H2,1H3. The van der Waals surface area contributed by atoms with Gasteiger partial charge in [-0.2, -0.15) is 0 Å². The van der Waals surface area contributed by atoms with Crippen LogP contribution in [0.3, 0.4) is 0 Å². The van der Waals surface area contributed by atoms with Gasteiger partial charge in [0.05, 0.1) is 10.8 Å². The fraction of sp³-hybridized carbons (Fsp3) is 0.533. The van der Waals surface area contributed by atoms with Crippen LogP contribution < -0.4 is 5.32 Å². The number of nitro groups is 1. The van der Waals surface area contributed by atoms with E-state index in [-0.39, 0.29) is 23.7 Å². The van der Waals surface area contributed by atoms with Crippen LogP contribution in [-0.4, -0.2) is 30.1 Å². The summed E-state index contributed by atoms with van der Waals surface area (Å²) in [4.78, 5) is 22.2. The number of non-ortho nitro benzene ring substituents is 1. The molecule has 1 aliphatic rings. The van der Waals surface area contributed by atoms with Crippen molar-refractivity contribution in [1.29, 1.82) is 0 Å². The third kappa shape index (κ3) is 4.53. The summed E-state index contributed by atoms with van der Waals surface area (Å²) in [5, 5.41) is 13.8. The maximum Gasteiger partial charge on any atom is 0.309 e. The Bertz CT molecular complexity index is 495. The molecule has 6 nitrogen and oxygen atoms in total. The molecule has 0 bridgehead atoms. The first-order valence-corrected chi connectivity index (χ1v) is 7.21. The fourth-order valence-corrected chi connectivity index (χ4v) is 2.48. The van der Waals surface area contributed by atoms with Gasteiger partial charge < -0.3 is 10.1 Å². The smallest absolute Gasteiger partial charge is 0.309 e. The minimum atomic E-state index is -0.426. The van der Waals surface area contributed by atoms with Crippen molar-refractivity contribution >= 4 is 11.7 Å². The topological polar surface area (TPSA) is 81.5 Å². The molecule has 1 saturated heterocycles. The molecule has 1 heterocycles. The second-order valence-corrected chi connectivity index (χ2v) is 5.40. The van der Waals surface area contributed by atoms with E-state index in [4.69, 9.17) is 4.74 Å². The number of ether oxygens (including phenoxy) is 1. The van der Waals surface area contributed by atoms with Crippen molar-refractivity contribution in [2.75, 3.05) is 13.1 Å². The van der Waals surface area contributed by atoms with Crippen LogP contribution in [0.4, 0.5) is 5.69 Å². The minimum absolute atomic E-state index is 0.00874. The van der Waals surface area contributed by atoms with E-state index >= 15 is 0 Å². The number of nitrogens with zero attached hydrogens (tertiary/aromatic N) is 1. The number of esters is 1. The quantitative estimate of drug-likeness (QED) is 0.510. The molecule has 2 rings (SSSR count). The molecule has 1 unspecified atom stereocenters. The van der Waals surface area contributed by atoms with Crippen LogP contribution in [0.15, 0.2) is 24.3 Å². The van der Waals surface area contributed by atoms with Gasteiger partial charge in [-0.05, 0) is 38.4 Å². The predicted molar refractivity (Wildman–Crippen MR) is 77.9 cm³/mol. The number of benzene rings is 1. The van der Waals surface area contributed by atoms with Gasteiger partial charge in [0, 0.05) is 18.6 Å². The molecule has 21 heavy (non-hydrogen) atoms. The molecule has 1 aliphatic heterocycles. The minimum Gasteiger partial charge on any atom is -0.462 e. The summed E-state index contributed by atoms with van der Waals surface area (Å²) in [6, 6.07) is 6.34. The zero-order valence-electron chi connectivity index (χ0n) is 12.1. The highest BCUT2D eigenvalue weighted by Crippen LogP contribution is 2.17. The maximum absolute atomic E-state index is 12.0. The molecular formula is C15H20N2O4. The number of nitrogens with one attached hydrogen (secondary N) is 1. The van der Waals surface area contributed by atoms with Crippen LogP contribution >= 0.6 is 0 Å². The SMILES string of the molecule is CC(Cc1ccc([N+](=O)[O-])cc1)OC(=O)C1CCNCC1. The molecule has 6 heteroatoms. The molecule has 1 aromatic carbocycles. The molecule has 0 aliphatic carbocycles. The summed E-state index contributed by atoms with van der Waals surface area (Å²) < 4.78 is 5.47. The number of carbonyl (C=O) groups excluding carboxylic acids is 1. The van der Waals surface area contributed by atoms with Crippen LogP contribution in [0.25, 0.3) is 0 Å². The molecule has 1 fully saturated rings. The average Bonchev–Trinajstić information content (AvgIpc) is 2.48. The largest absolute Gasteiger partial charge is 0.462 e. The van der Waals surface area contributed by atoms with Crippen LogP contribution in [0, 0.1) is 16.0 Å². The Labute approximate surface area is 123 Å². The van der Waals surface area contributed by atoms with Gasteiger partial charge in [0.1, 0.15) is 6.10 Å². The highest BCUT2D eigenvalue weighted by Gasteiger charge is 2.23. The summed E-state index contributed by atoms with van der Waals surface area (Å²) in [7, 11) is 0. The second kappa shape index (κ2) is 7.17. The average molecular weight is 292 g/mol. The number of rotatable bonds is 5. The molecule has 0 amide bonds. The van der Waals surface area contributed by atoms with Crippen LogP contribution in [-0.2, 0) is 16.0 Å². The molecule has 114 valence electrons. The summed E-state index contributed by atoms with van der Waals surface area (Å²) >= 11 is 0. The van der Waals surface area contributed by atoms with Crippen molar-refractivity contribution in [2.24, 2.45) is 5.92 Å².